The number of benzene rings is 1. The minimum Gasteiger partial charge on any atom is -0.508 e. The third kappa shape index (κ3) is 2.74. The molecule has 2 atom stereocenters. The second kappa shape index (κ2) is 5.47. The van der Waals surface area contributed by atoms with Crippen molar-refractivity contribution in [2.75, 3.05) is 13.1 Å². The molecule has 0 radical (unpaired) electrons. The molecule has 0 saturated carbocycles. The molecule has 1 aromatic rings. The van der Waals surface area contributed by atoms with Gasteiger partial charge in [0.2, 0.25) is 0 Å². The van der Waals surface area contributed by atoms with E-state index in [1.54, 1.807) is 0 Å². The lowest BCUT2D eigenvalue weighted by molar-refractivity contribution is 0.204. The van der Waals surface area contributed by atoms with Crippen LogP contribution in [0, 0.1) is 5.82 Å². The molecule has 0 aliphatic carbocycles. The van der Waals surface area contributed by atoms with Gasteiger partial charge in [0.05, 0.1) is 0 Å². The highest BCUT2D eigenvalue weighted by molar-refractivity contribution is 5.32. The number of phenols is 1. The van der Waals surface area contributed by atoms with Crippen LogP contribution >= 0.6 is 0 Å². The number of nitrogens with zero attached hydrogens (tertiary/aromatic N) is 1. The van der Waals surface area contributed by atoms with Crippen LogP contribution in [-0.4, -0.2) is 35.2 Å². The molecule has 3 rings (SSSR count). The number of aromatic hydroxyl groups is 1. The van der Waals surface area contributed by atoms with Gasteiger partial charge in [-0.25, -0.2) is 4.39 Å². The van der Waals surface area contributed by atoms with Gasteiger partial charge in [-0.3, -0.25) is 4.90 Å². The summed E-state index contributed by atoms with van der Waals surface area (Å²) in [6.45, 7) is 2.80. The van der Waals surface area contributed by atoms with Gasteiger partial charge in [-0.15, -0.1) is 0 Å². The zero-order valence-corrected chi connectivity index (χ0v) is 11.1. The number of nitrogens with one attached hydrogen (secondary N) is 1. The molecule has 3 nitrogen and oxygen atoms in total. The van der Waals surface area contributed by atoms with E-state index in [2.05, 4.69) is 10.2 Å². The normalized spacial score (nSPS) is 28.1. The lowest BCUT2D eigenvalue weighted by Crippen LogP contribution is -2.43. The first kappa shape index (κ1) is 12.9. The van der Waals surface area contributed by atoms with Crippen molar-refractivity contribution in [1.29, 1.82) is 0 Å². The number of phenolic OH excluding ortho intramolecular Hbond substituents is 1. The van der Waals surface area contributed by atoms with Crippen molar-refractivity contribution in [2.45, 2.75) is 44.3 Å². The lowest BCUT2D eigenvalue weighted by Gasteiger charge is -2.29. The number of halogens is 1. The van der Waals surface area contributed by atoms with Crippen molar-refractivity contribution in [1.82, 2.24) is 10.2 Å². The minimum absolute atomic E-state index is 0.200. The highest BCUT2D eigenvalue weighted by Gasteiger charge is 2.33. The number of likely N-dealkylation sites (tertiary alicyclic amines) is 1. The second-order valence-corrected chi connectivity index (χ2v) is 5.66. The van der Waals surface area contributed by atoms with Crippen molar-refractivity contribution < 1.29 is 9.50 Å². The summed E-state index contributed by atoms with van der Waals surface area (Å²) in [5.41, 5.74) is 0.699. The van der Waals surface area contributed by atoms with Crippen LogP contribution in [0.15, 0.2) is 18.2 Å². The summed E-state index contributed by atoms with van der Waals surface area (Å²) in [6, 6.07) is 5.30. The van der Waals surface area contributed by atoms with Crippen molar-refractivity contribution in [3.63, 3.8) is 0 Å². The number of rotatable bonds is 3. The van der Waals surface area contributed by atoms with E-state index >= 15 is 0 Å². The fourth-order valence-corrected chi connectivity index (χ4v) is 3.44. The molecule has 2 aliphatic heterocycles. The molecule has 2 heterocycles. The maximum Gasteiger partial charge on any atom is 0.123 e. The average Bonchev–Trinajstić information content (AvgIpc) is 3.03. The van der Waals surface area contributed by atoms with Gasteiger partial charge in [0.1, 0.15) is 11.6 Å². The Hall–Kier alpha value is -1.13. The van der Waals surface area contributed by atoms with Gasteiger partial charge in [0.15, 0.2) is 0 Å². The first-order chi connectivity index (χ1) is 9.24. The van der Waals surface area contributed by atoms with Crippen LogP contribution in [0.5, 0.6) is 5.75 Å². The second-order valence-electron chi connectivity index (χ2n) is 5.66. The molecule has 0 amide bonds. The Morgan fingerprint density at radius 2 is 2.21 bits per heavy atom. The van der Waals surface area contributed by atoms with Crippen molar-refractivity contribution in [3.8, 4) is 5.75 Å². The highest BCUT2D eigenvalue weighted by Crippen LogP contribution is 2.28. The molecular weight excluding hydrogens is 243 g/mol. The van der Waals surface area contributed by atoms with Crippen LogP contribution in [0.3, 0.4) is 0 Å². The van der Waals surface area contributed by atoms with Crippen LogP contribution in [0.25, 0.3) is 0 Å². The standard InChI is InChI=1S/C15H21FN2O/c16-12-5-6-15(19)11(9-12)10-18-8-2-4-14(18)13-3-1-7-17-13/h5-6,9,13-14,17,19H,1-4,7-8,10H2. The maximum atomic E-state index is 13.3. The Balaban J connectivity index is 1.72. The van der Waals surface area contributed by atoms with Gasteiger partial charge >= 0.3 is 0 Å². The van der Waals surface area contributed by atoms with Crippen LogP contribution in [0.2, 0.25) is 0 Å². The molecule has 4 heteroatoms. The molecule has 19 heavy (non-hydrogen) atoms. The predicted octanol–water partition coefficient (Wildman–Crippen LogP) is 2.25. The van der Waals surface area contributed by atoms with Crippen LogP contribution < -0.4 is 5.32 Å². The van der Waals surface area contributed by atoms with Crippen LogP contribution in [-0.2, 0) is 6.54 Å². The topological polar surface area (TPSA) is 35.5 Å². The molecule has 104 valence electrons. The zero-order chi connectivity index (χ0) is 13.2. The molecule has 2 saturated heterocycles. The minimum atomic E-state index is -0.275. The monoisotopic (exact) mass is 264 g/mol. The number of hydrogen-bond donors (Lipinski definition) is 2. The van der Waals surface area contributed by atoms with E-state index in [-0.39, 0.29) is 11.6 Å². The molecule has 2 unspecified atom stereocenters. The smallest absolute Gasteiger partial charge is 0.123 e. The number of hydrogen-bond acceptors (Lipinski definition) is 3. The van der Waals surface area contributed by atoms with E-state index in [4.69, 9.17) is 0 Å². The fraction of sp³-hybridized carbons (Fsp3) is 0.600. The molecule has 2 aliphatic rings. The quantitative estimate of drug-likeness (QED) is 0.879. The SMILES string of the molecule is Oc1ccc(F)cc1CN1CCCC1C1CCCN1. The maximum absolute atomic E-state index is 13.3. The summed E-state index contributed by atoms with van der Waals surface area (Å²) in [4.78, 5) is 2.39. The molecule has 1 aromatic carbocycles. The molecule has 0 bridgehead atoms. The van der Waals surface area contributed by atoms with E-state index in [0.717, 1.165) is 13.1 Å². The van der Waals surface area contributed by atoms with Gasteiger partial charge in [0, 0.05) is 24.2 Å². The third-order valence-corrected chi connectivity index (χ3v) is 4.39. The van der Waals surface area contributed by atoms with Crippen molar-refractivity contribution >= 4 is 0 Å². The lowest BCUT2D eigenvalue weighted by atomic mass is 10.0. The van der Waals surface area contributed by atoms with E-state index in [1.165, 1.54) is 43.9 Å². The molecule has 2 fully saturated rings. The zero-order valence-electron chi connectivity index (χ0n) is 11.1. The Morgan fingerprint density at radius 1 is 1.32 bits per heavy atom. The summed E-state index contributed by atoms with van der Waals surface area (Å²) in [7, 11) is 0. The average molecular weight is 264 g/mol. The third-order valence-electron chi connectivity index (χ3n) is 4.39. The Bertz CT molecular complexity index is 446. The fourth-order valence-electron chi connectivity index (χ4n) is 3.44. The van der Waals surface area contributed by atoms with Crippen molar-refractivity contribution in [2.24, 2.45) is 0 Å². The van der Waals surface area contributed by atoms with E-state index < -0.39 is 0 Å². The van der Waals surface area contributed by atoms with Gasteiger partial charge < -0.3 is 10.4 Å². The van der Waals surface area contributed by atoms with Crippen LogP contribution in [0.4, 0.5) is 4.39 Å². The Morgan fingerprint density at radius 3 is 3.00 bits per heavy atom. The first-order valence-electron chi connectivity index (χ1n) is 7.19. The van der Waals surface area contributed by atoms with E-state index in [0.29, 0.717) is 24.2 Å². The summed E-state index contributed by atoms with van der Waals surface area (Å²) < 4.78 is 13.3. The van der Waals surface area contributed by atoms with E-state index in [9.17, 15) is 9.50 Å². The van der Waals surface area contributed by atoms with Gasteiger partial charge in [-0.1, -0.05) is 0 Å². The highest BCUT2D eigenvalue weighted by atomic mass is 19.1. The Labute approximate surface area is 113 Å². The first-order valence-corrected chi connectivity index (χ1v) is 7.19. The molecular formula is C15H21FN2O. The molecule has 2 N–H and O–H groups in total. The van der Waals surface area contributed by atoms with Gasteiger partial charge in [-0.2, -0.15) is 0 Å². The predicted molar refractivity (Wildman–Crippen MR) is 72.5 cm³/mol. The summed E-state index contributed by atoms with van der Waals surface area (Å²) in [5, 5.41) is 13.4. The van der Waals surface area contributed by atoms with Gasteiger partial charge in [-0.05, 0) is 57.0 Å². The van der Waals surface area contributed by atoms with E-state index in [1.807, 2.05) is 0 Å². The largest absolute Gasteiger partial charge is 0.508 e. The van der Waals surface area contributed by atoms with Gasteiger partial charge in [0.25, 0.3) is 0 Å². The molecule has 0 spiro atoms. The summed E-state index contributed by atoms with van der Waals surface area (Å²) in [6.07, 6.45) is 4.88. The summed E-state index contributed by atoms with van der Waals surface area (Å²) in [5.74, 6) is -0.0750. The van der Waals surface area contributed by atoms with Crippen molar-refractivity contribution in [3.05, 3.63) is 29.6 Å². The Kier molecular flexibility index (Phi) is 3.71. The summed E-state index contributed by atoms with van der Waals surface area (Å²) >= 11 is 0. The van der Waals surface area contributed by atoms with Crippen LogP contribution in [0.1, 0.15) is 31.2 Å². The molecule has 0 aromatic heterocycles.